The second-order valence-corrected chi connectivity index (χ2v) is 6.72. The van der Waals surface area contributed by atoms with Crippen LogP contribution < -0.4 is 20.9 Å². The second kappa shape index (κ2) is 8.84. The molecule has 2 aromatic carbocycles. The number of hydrogen-bond acceptors (Lipinski definition) is 3. The Balaban J connectivity index is 1.81. The third-order valence-corrected chi connectivity index (χ3v) is 4.16. The lowest BCUT2D eigenvalue weighted by atomic mass is 10.1. The molecular formula is C17H20BrN3O2S. The van der Waals surface area contributed by atoms with E-state index >= 15 is 0 Å². The maximum atomic E-state index is 11.8. The van der Waals surface area contributed by atoms with Crippen LogP contribution in [0.1, 0.15) is 20.3 Å². The van der Waals surface area contributed by atoms with Gasteiger partial charge in [0.05, 0.1) is 0 Å². The van der Waals surface area contributed by atoms with Gasteiger partial charge in [-0.25, -0.2) is 0 Å². The molecule has 0 aromatic heterocycles. The van der Waals surface area contributed by atoms with E-state index in [4.69, 9.17) is 17.0 Å². The molecular weight excluding hydrogens is 390 g/mol. The van der Waals surface area contributed by atoms with Crippen LogP contribution in [0.2, 0.25) is 0 Å². The molecule has 5 nitrogen and oxygen atoms in total. The predicted molar refractivity (Wildman–Crippen MR) is 104 cm³/mol. The van der Waals surface area contributed by atoms with Gasteiger partial charge in [0.15, 0.2) is 11.7 Å². The fourth-order valence-corrected chi connectivity index (χ4v) is 2.59. The normalized spacial score (nSPS) is 11.6. The predicted octanol–water partition coefficient (Wildman–Crippen LogP) is 3.27. The van der Waals surface area contributed by atoms with E-state index in [-0.39, 0.29) is 18.6 Å². The molecule has 0 aliphatic carbocycles. The number of fused-ring (bicyclic) bond motifs is 1. The van der Waals surface area contributed by atoms with Gasteiger partial charge >= 0.3 is 0 Å². The monoisotopic (exact) mass is 409 g/mol. The Hall–Kier alpha value is -1.86. The van der Waals surface area contributed by atoms with Gasteiger partial charge in [-0.05, 0) is 60.6 Å². The van der Waals surface area contributed by atoms with Crippen molar-refractivity contribution in [2.45, 2.75) is 26.3 Å². The fraction of sp³-hybridized carbons (Fsp3) is 0.294. The largest absolute Gasteiger partial charge is 0.484 e. The van der Waals surface area contributed by atoms with E-state index in [2.05, 4.69) is 39.0 Å². The molecule has 1 atom stereocenters. The van der Waals surface area contributed by atoms with E-state index in [1.54, 1.807) is 0 Å². The molecule has 0 bridgehead atoms. The summed E-state index contributed by atoms with van der Waals surface area (Å²) in [7, 11) is 0. The summed E-state index contributed by atoms with van der Waals surface area (Å²) in [4.78, 5) is 11.8. The molecule has 3 N–H and O–H groups in total. The molecule has 0 saturated carbocycles. The molecule has 128 valence electrons. The summed E-state index contributed by atoms with van der Waals surface area (Å²) >= 11 is 8.52. The maximum Gasteiger partial charge on any atom is 0.276 e. The van der Waals surface area contributed by atoms with Crippen molar-refractivity contribution in [2.24, 2.45) is 0 Å². The highest BCUT2D eigenvalue weighted by molar-refractivity contribution is 9.10. The van der Waals surface area contributed by atoms with Gasteiger partial charge in [-0.3, -0.25) is 15.6 Å². The smallest absolute Gasteiger partial charge is 0.276 e. The molecule has 0 aliphatic rings. The molecule has 2 rings (SSSR count). The van der Waals surface area contributed by atoms with E-state index in [1.807, 2.05) is 43.3 Å². The first-order valence-electron chi connectivity index (χ1n) is 7.65. The number of carbonyl (C=O) groups is 1. The van der Waals surface area contributed by atoms with Crippen LogP contribution in [0.4, 0.5) is 0 Å². The van der Waals surface area contributed by atoms with Gasteiger partial charge in [-0.1, -0.05) is 35.0 Å². The summed E-state index contributed by atoms with van der Waals surface area (Å²) < 4.78 is 6.54. The number of amides is 1. The van der Waals surface area contributed by atoms with Crippen molar-refractivity contribution in [1.29, 1.82) is 0 Å². The van der Waals surface area contributed by atoms with Crippen LogP contribution in [0, 0.1) is 0 Å². The van der Waals surface area contributed by atoms with Crippen molar-refractivity contribution in [3.05, 3.63) is 40.9 Å². The lowest BCUT2D eigenvalue weighted by Crippen LogP contribution is -2.50. The average molecular weight is 410 g/mol. The molecule has 24 heavy (non-hydrogen) atoms. The number of ether oxygens (including phenoxy) is 1. The molecule has 1 amide bonds. The molecule has 0 saturated heterocycles. The maximum absolute atomic E-state index is 11.8. The van der Waals surface area contributed by atoms with E-state index in [0.717, 1.165) is 21.7 Å². The van der Waals surface area contributed by atoms with Crippen LogP contribution in [0.3, 0.4) is 0 Å². The highest BCUT2D eigenvalue weighted by Crippen LogP contribution is 2.24. The number of hydrogen-bond donors (Lipinski definition) is 3. The average Bonchev–Trinajstić information content (AvgIpc) is 2.57. The van der Waals surface area contributed by atoms with Gasteiger partial charge in [-0.2, -0.15) is 0 Å². The minimum Gasteiger partial charge on any atom is -0.484 e. The number of rotatable bonds is 5. The number of hydrazine groups is 1. The molecule has 0 heterocycles. The van der Waals surface area contributed by atoms with Gasteiger partial charge in [0, 0.05) is 10.5 Å². The molecule has 0 radical (unpaired) electrons. The summed E-state index contributed by atoms with van der Waals surface area (Å²) in [5.74, 6) is 0.333. The van der Waals surface area contributed by atoms with Crippen molar-refractivity contribution in [3.8, 4) is 5.75 Å². The molecule has 7 heteroatoms. The lowest BCUT2D eigenvalue weighted by molar-refractivity contribution is -0.123. The standard InChI is InChI=1S/C17H20BrN3O2S/c1-3-11(2)19-17(24)21-20-16(22)10-23-15-7-5-12-8-14(18)6-4-13(12)9-15/h4-9,11H,3,10H2,1-2H3,(H,20,22)(H2,19,21,24)/t11-/m0/s1. The number of thiocarbonyl (C=S) groups is 1. The third-order valence-electron chi connectivity index (χ3n) is 3.45. The van der Waals surface area contributed by atoms with E-state index < -0.39 is 0 Å². The molecule has 0 fully saturated rings. The lowest BCUT2D eigenvalue weighted by Gasteiger charge is -2.15. The molecule has 2 aromatic rings. The Bertz CT molecular complexity index is 739. The van der Waals surface area contributed by atoms with Crippen molar-refractivity contribution in [2.75, 3.05) is 6.61 Å². The van der Waals surface area contributed by atoms with E-state index in [0.29, 0.717) is 10.9 Å². The van der Waals surface area contributed by atoms with Gasteiger partial charge in [0.2, 0.25) is 0 Å². The van der Waals surface area contributed by atoms with Crippen molar-refractivity contribution >= 4 is 49.9 Å². The number of nitrogens with one attached hydrogen (secondary N) is 3. The summed E-state index contributed by atoms with van der Waals surface area (Å²) in [6.45, 7) is 3.97. The Kier molecular flexibility index (Phi) is 6.81. The van der Waals surface area contributed by atoms with Crippen LogP contribution in [-0.4, -0.2) is 23.7 Å². The summed E-state index contributed by atoms with van der Waals surface area (Å²) in [6, 6.07) is 11.9. The zero-order valence-electron chi connectivity index (χ0n) is 13.6. The van der Waals surface area contributed by atoms with Gasteiger partial charge in [-0.15, -0.1) is 0 Å². The number of halogens is 1. The van der Waals surface area contributed by atoms with Crippen LogP contribution >= 0.6 is 28.1 Å². The van der Waals surface area contributed by atoms with E-state index in [1.165, 1.54) is 0 Å². The van der Waals surface area contributed by atoms with Crippen molar-refractivity contribution in [1.82, 2.24) is 16.2 Å². The Morgan fingerprint density at radius 3 is 2.67 bits per heavy atom. The Labute approximate surface area is 155 Å². The molecule has 0 aliphatic heterocycles. The highest BCUT2D eigenvalue weighted by atomic mass is 79.9. The Morgan fingerprint density at radius 1 is 1.21 bits per heavy atom. The summed E-state index contributed by atoms with van der Waals surface area (Å²) in [5, 5.41) is 5.58. The zero-order valence-corrected chi connectivity index (χ0v) is 16.0. The zero-order chi connectivity index (χ0) is 17.5. The quantitative estimate of drug-likeness (QED) is 0.522. The second-order valence-electron chi connectivity index (χ2n) is 5.40. The van der Waals surface area contributed by atoms with Crippen LogP contribution in [0.5, 0.6) is 5.75 Å². The van der Waals surface area contributed by atoms with Crippen molar-refractivity contribution in [3.63, 3.8) is 0 Å². The minimum absolute atomic E-state index is 0.0963. The number of benzene rings is 2. The van der Waals surface area contributed by atoms with Gasteiger partial charge < -0.3 is 10.1 Å². The minimum atomic E-state index is -0.306. The molecule has 0 spiro atoms. The fourth-order valence-electron chi connectivity index (χ4n) is 1.96. The van der Waals surface area contributed by atoms with Crippen molar-refractivity contribution < 1.29 is 9.53 Å². The summed E-state index contributed by atoms with van der Waals surface area (Å²) in [6.07, 6.45) is 0.942. The topological polar surface area (TPSA) is 62.4 Å². The third kappa shape index (κ3) is 5.65. The molecule has 0 unspecified atom stereocenters. The van der Waals surface area contributed by atoms with Crippen LogP contribution in [0.15, 0.2) is 40.9 Å². The number of carbonyl (C=O) groups excluding carboxylic acids is 1. The van der Waals surface area contributed by atoms with E-state index in [9.17, 15) is 4.79 Å². The first-order valence-corrected chi connectivity index (χ1v) is 8.85. The summed E-state index contributed by atoms with van der Waals surface area (Å²) in [5.41, 5.74) is 5.16. The van der Waals surface area contributed by atoms with Crippen LogP contribution in [0.25, 0.3) is 10.8 Å². The SMILES string of the molecule is CC[C@H](C)NC(=S)NNC(=O)COc1ccc2cc(Br)ccc2c1. The highest BCUT2D eigenvalue weighted by Gasteiger charge is 2.06. The first-order chi connectivity index (χ1) is 11.5. The Morgan fingerprint density at radius 2 is 1.92 bits per heavy atom. The first kappa shape index (κ1) is 18.5. The van der Waals surface area contributed by atoms with Crippen LogP contribution in [-0.2, 0) is 4.79 Å². The van der Waals surface area contributed by atoms with Gasteiger partial charge in [0.25, 0.3) is 5.91 Å². The van der Waals surface area contributed by atoms with Gasteiger partial charge in [0.1, 0.15) is 5.75 Å².